The molecular weight excluding hydrogens is 468 g/mol. The minimum atomic E-state index is 0.0814. The molecule has 0 bridgehead atoms. The van der Waals surface area contributed by atoms with Gasteiger partial charge in [0.2, 0.25) is 5.91 Å². The Bertz CT molecular complexity index is 1400. The molecule has 1 aliphatic rings. The third kappa shape index (κ3) is 5.14. The number of nitrogens with one attached hydrogen (secondary N) is 1. The Labute approximate surface area is 215 Å². The minimum Gasteiger partial charge on any atom is -0.384 e. The summed E-state index contributed by atoms with van der Waals surface area (Å²) in [4.78, 5) is 32.8. The summed E-state index contributed by atoms with van der Waals surface area (Å²) in [5.41, 5.74) is 9.94. The largest absolute Gasteiger partial charge is 0.384 e. The highest BCUT2D eigenvalue weighted by atomic mass is 16.5. The number of rotatable bonds is 8. The van der Waals surface area contributed by atoms with E-state index in [-0.39, 0.29) is 11.8 Å². The minimum absolute atomic E-state index is 0.0814. The van der Waals surface area contributed by atoms with E-state index in [1.54, 1.807) is 25.7 Å². The van der Waals surface area contributed by atoms with Gasteiger partial charge in [0.25, 0.3) is 0 Å². The normalized spacial score (nSPS) is 15.6. The van der Waals surface area contributed by atoms with Crippen LogP contribution in [0.25, 0.3) is 22.5 Å². The first-order valence-corrected chi connectivity index (χ1v) is 12.3. The van der Waals surface area contributed by atoms with Gasteiger partial charge in [-0.1, -0.05) is 12.6 Å². The van der Waals surface area contributed by atoms with Crippen molar-refractivity contribution in [1.82, 2.24) is 29.2 Å². The van der Waals surface area contributed by atoms with Gasteiger partial charge < -0.3 is 20.7 Å². The van der Waals surface area contributed by atoms with Gasteiger partial charge in [0.1, 0.15) is 28.7 Å². The predicted octanol–water partition coefficient (Wildman–Crippen LogP) is 3.59. The number of ether oxygens (including phenoxy) is 1. The second-order valence-electron chi connectivity index (χ2n) is 9.02. The summed E-state index contributed by atoms with van der Waals surface area (Å²) in [6.07, 6.45) is 9.26. The first kappa shape index (κ1) is 24.4. The van der Waals surface area contributed by atoms with Gasteiger partial charge in [-0.3, -0.25) is 14.2 Å². The van der Waals surface area contributed by atoms with Crippen molar-refractivity contribution >= 4 is 28.8 Å². The van der Waals surface area contributed by atoms with Crippen molar-refractivity contribution in [2.75, 3.05) is 37.9 Å². The van der Waals surface area contributed by atoms with Crippen LogP contribution in [-0.2, 0) is 9.53 Å². The van der Waals surface area contributed by atoms with E-state index in [4.69, 9.17) is 15.5 Å². The van der Waals surface area contributed by atoms with Gasteiger partial charge in [-0.25, -0.2) is 15.0 Å². The van der Waals surface area contributed by atoms with E-state index >= 15 is 0 Å². The molecule has 3 N–H and O–H groups in total. The van der Waals surface area contributed by atoms with Crippen LogP contribution in [-0.4, -0.2) is 61.9 Å². The molecule has 1 fully saturated rings. The van der Waals surface area contributed by atoms with Crippen molar-refractivity contribution in [3.63, 3.8) is 0 Å². The number of nitrogens with zero attached hydrogens (tertiary/aromatic N) is 6. The van der Waals surface area contributed by atoms with Crippen molar-refractivity contribution in [2.24, 2.45) is 0 Å². The lowest BCUT2D eigenvalue weighted by atomic mass is 9.97. The SMILES string of the molecule is C=C(Nc1ccccn1)c1ccc(-c2nc(C3CCCN(C(=O)CCOC)C3)n3ccnc(N)c23)cn1. The molecule has 0 aromatic carbocycles. The number of piperidine rings is 1. The van der Waals surface area contributed by atoms with Crippen LogP contribution in [0, 0.1) is 0 Å². The fourth-order valence-electron chi connectivity index (χ4n) is 4.71. The Kier molecular flexibility index (Phi) is 7.09. The first-order valence-electron chi connectivity index (χ1n) is 12.3. The van der Waals surface area contributed by atoms with Crippen LogP contribution in [0.15, 0.2) is 61.7 Å². The summed E-state index contributed by atoms with van der Waals surface area (Å²) in [6.45, 7) is 5.87. The number of hydrogen-bond donors (Lipinski definition) is 2. The Morgan fingerprint density at radius 2 is 2.11 bits per heavy atom. The average Bonchev–Trinajstić information content (AvgIpc) is 3.33. The van der Waals surface area contributed by atoms with Crippen molar-refractivity contribution in [2.45, 2.75) is 25.2 Å². The molecule has 4 aromatic heterocycles. The summed E-state index contributed by atoms with van der Waals surface area (Å²) < 4.78 is 7.09. The maximum Gasteiger partial charge on any atom is 0.224 e. The molecule has 0 saturated carbocycles. The summed E-state index contributed by atoms with van der Waals surface area (Å²) in [5, 5.41) is 3.17. The van der Waals surface area contributed by atoms with Crippen molar-refractivity contribution in [3.8, 4) is 11.3 Å². The van der Waals surface area contributed by atoms with Gasteiger partial charge in [-0.05, 0) is 37.1 Å². The monoisotopic (exact) mass is 498 g/mol. The number of amides is 1. The molecule has 5 rings (SSSR count). The van der Waals surface area contributed by atoms with E-state index < -0.39 is 0 Å². The van der Waals surface area contributed by atoms with Gasteiger partial charge in [0, 0.05) is 56.5 Å². The predicted molar refractivity (Wildman–Crippen MR) is 143 cm³/mol. The van der Waals surface area contributed by atoms with Gasteiger partial charge in [0.15, 0.2) is 0 Å². The maximum absolute atomic E-state index is 12.6. The third-order valence-electron chi connectivity index (χ3n) is 6.56. The Morgan fingerprint density at radius 1 is 1.22 bits per heavy atom. The van der Waals surface area contributed by atoms with Gasteiger partial charge in [0.05, 0.1) is 24.4 Å². The molecule has 1 aliphatic heterocycles. The van der Waals surface area contributed by atoms with Crippen molar-refractivity contribution < 1.29 is 9.53 Å². The number of imidazole rings is 1. The number of likely N-dealkylation sites (tertiary alicyclic amines) is 1. The Hall–Kier alpha value is -4.31. The van der Waals surface area contributed by atoms with E-state index in [0.717, 1.165) is 36.3 Å². The van der Waals surface area contributed by atoms with Gasteiger partial charge in [-0.2, -0.15) is 0 Å². The van der Waals surface area contributed by atoms with Crippen molar-refractivity contribution in [3.05, 3.63) is 73.2 Å². The quantitative estimate of drug-likeness (QED) is 0.378. The number of methoxy groups -OCH3 is 1. The lowest BCUT2D eigenvalue weighted by molar-refractivity contribution is -0.133. The van der Waals surface area contributed by atoms with Crippen LogP contribution in [0.4, 0.5) is 11.6 Å². The molecule has 1 amide bonds. The second kappa shape index (κ2) is 10.8. The second-order valence-corrected chi connectivity index (χ2v) is 9.02. The standard InChI is InChI=1S/C27H30N8O2/c1-18(32-22-7-3-4-11-29-22)21-9-8-19(16-31-21)24-25-26(28)30-12-14-35(25)27(33-24)20-6-5-13-34(17-20)23(36)10-15-37-2/h3-4,7-9,11-12,14,16,20H,1,5-6,10,13,15,17H2,2H3,(H2,28,30)(H,29,32). The third-order valence-corrected chi connectivity index (χ3v) is 6.56. The number of hydrogen-bond acceptors (Lipinski definition) is 8. The molecule has 10 heteroatoms. The number of aromatic nitrogens is 5. The van der Waals surface area contributed by atoms with Gasteiger partial charge >= 0.3 is 0 Å². The zero-order valence-corrected chi connectivity index (χ0v) is 20.8. The van der Waals surface area contributed by atoms with E-state index in [0.29, 0.717) is 48.3 Å². The highest BCUT2D eigenvalue weighted by Crippen LogP contribution is 2.34. The van der Waals surface area contributed by atoms with Crippen LogP contribution in [0.1, 0.15) is 36.7 Å². The lowest BCUT2D eigenvalue weighted by Crippen LogP contribution is -2.39. The number of pyridine rings is 2. The van der Waals surface area contributed by atoms with E-state index in [1.165, 1.54) is 0 Å². The van der Waals surface area contributed by atoms with Crippen LogP contribution < -0.4 is 11.1 Å². The first-order chi connectivity index (χ1) is 18.0. The fraction of sp³-hybridized carbons (Fsp3) is 0.296. The van der Waals surface area contributed by atoms with Crippen LogP contribution in [0.3, 0.4) is 0 Å². The number of carbonyl (C=O) groups is 1. The molecule has 0 aliphatic carbocycles. The summed E-state index contributed by atoms with van der Waals surface area (Å²) in [7, 11) is 1.61. The Balaban J connectivity index is 1.43. The molecule has 37 heavy (non-hydrogen) atoms. The maximum atomic E-state index is 12.6. The smallest absolute Gasteiger partial charge is 0.224 e. The number of fused-ring (bicyclic) bond motifs is 1. The zero-order chi connectivity index (χ0) is 25.8. The van der Waals surface area contributed by atoms with E-state index in [9.17, 15) is 4.79 Å². The van der Waals surface area contributed by atoms with Crippen LogP contribution >= 0.6 is 0 Å². The molecule has 190 valence electrons. The summed E-state index contributed by atoms with van der Waals surface area (Å²) in [5.74, 6) is 2.15. The van der Waals surface area contributed by atoms with Crippen molar-refractivity contribution in [1.29, 1.82) is 0 Å². The molecule has 1 atom stereocenters. The molecule has 1 unspecified atom stereocenters. The summed E-state index contributed by atoms with van der Waals surface area (Å²) in [6, 6.07) is 9.47. The number of nitrogens with two attached hydrogens (primary N) is 1. The number of nitrogen functional groups attached to an aromatic ring is 1. The Morgan fingerprint density at radius 3 is 2.86 bits per heavy atom. The highest BCUT2D eigenvalue weighted by molar-refractivity contribution is 5.85. The van der Waals surface area contributed by atoms with E-state index in [1.807, 2.05) is 45.8 Å². The van der Waals surface area contributed by atoms with Gasteiger partial charge in [-0.15, -0.1) is 0 Å². The van der Waals surface area contributed by atoms with Crippen LogP contribution in [0.5, 0.6) is 0 Å². The highest BCUT2D eigenvalue weighted by Gasteiger charge is 2.29. The molecule has 1 saturated heterocycles. The number of carbonyl (C=O) groups excluding carboxylic acids is 1. The molecule has 0 radical (unpaired) electrons. The number of anilines is 2. The molecule has 10 nitrogen and oxygen atoms in total. The molecule has 0 spiro atoms. The van der Waals surface area contributed by atoms with E-state index in [2.05, 4.69) is 26.8 Å². The molecule has 5 heterocycles. The zero-order valence-electron chi connectivity index (χ0n) is 20.8. The summed E-state index contributed by atoms with van der Waals surface area (Å²) >= 11 is 0. The lowest BCUT2D eigenvalue weighted by Gasteiger charge is -2.32. The topological polar surface area (TPSA) is 124 Å². The van der Waals surface area contributed by atoms with Crippen LogP contribution in [0.2, 0.25) is 0 Å². The molecular formula is C27H30N8O2. The average molecular weight is 499 g/mol. The fourth-order valence-corrected chi connectivity index (χ4v) is 4.71. The molecule has 4 aromatic rings.